The number of hydrogen-bond acceptors (Lipinski definition) is 5. The van der Waals surface area contributed by atoms with E-state index in [1.165, 1.54) is 11.3 Å². The van der Waals surface area contributed by atoms with Gasteiger partial charge in [-0.05, 0) is 100 Å². The molecule has 4 aromatic rings. The lowest BCUT2D eigenvalue weighted by molar-refractivity contribution is 0.394. The van der Waals surface area contributed by atoms with Crippen LogP contribution in [-0.4, -0.2) is 42.0 Å². The highest BCUT2D eigenvalue weighted by Crippen LogP contribution is 2.46. The Morgan fingerprint density at radius 3 is 2.33 bits per heavy atom. The standard InChI is InChI=1S/C32H37N5O2S/c1-7-35(8-2)23-12-14-24(15-13-23)36-21(3)19-26(22(36)4)31-30(27-11-9-10-18-33-27)34-32(40)37(31)28-17-16-25(38-5)20-29(28)39-6/h9-20,30-31H,7-8H2,1-6H3,(H,34,40)/t30-,31-/m1/s1. The van der Waals surface area contributed by atoms with Gasteiger partial charge in [-0.3, -0.25) is 4.98 Å². The number of pyridine rings is 1. The number of nitrogens with zero attached hydrogens (tertiary/aromatic N) is 4. The van der Waals surface area contributed by atoms with E-state index in [0.717, 1.165) is 47.3 Å². The number of anilines is 2. The number of nitrogens with one attached hydrogen (secondary N) is 1. The maximum atomic E-state index is 5.97. The maximum Gasteiger partial charge on any atom is 0.174 e. The smallest absolute Gasteiger partial charge is 0.174 e. The second kappa shape index (κ2) is 11.6. The Kier molecular flexibility index (Phi) is 7.98. The molecule has 1 aliphatic rings. The molecule has 3 heterocycles. The predicted molar refractivity (Wildman–Crippen MR) is 166 cm³/mol. The SMILES string of the molecule is CCN(CC)c1ccc(-n2c(C)cc([C@@H]3[C@@H](c4ccccn4)NC(=S)N3c3ccc(OC)cc3OC)c2C)cc1. The van der Waals surface area contributed by atoms with Crippen LogP contribution in [0.15, 0.2) is 72.9 Å². The van der Waals surface area contributed by atoms with Gasteiger partial charge >= 0.3 is 0 Å². The lowest BCUT2D eigenvalue weighted by atomic mass is 9.96. The molecule has 1 aliphatic heterocycles. The zero-order chi connectivity index (χ0) is 28.4. The number of methoxy groups -OCH3 is 2. The van der Waals surface area contributed by atoms with Crippen molar-refractivity contribution >= 4 is 28.7 Å². The molecule has 2 atom stereocenters. The average molecular weight is 556 g/mol. The number of thiocarbonyl (C=S) groups is 1. The van der Waals surface area contributed by atoms with E-state index in [1.807, 2.05) is 42.6 Å². The maximum absolute atomic E-state index is 5.97. The lowest BCUT2D eigenvalue weighted by Gasteiger charge is -2.29. The predicted octanol–water partition coefficient (Wildman–Crippen LogP) is 6.53. The van der Waals surface area contributed by atoms with Crippen LogP contribution in [0.25, 0.3) is 5.69 Å². The van der Waals surface area contributed by atoms with E-state index in [-0.39, 0.29) is 12.1 Å². The molecular formula is C32H37N5O2S. The van der Waals surface area contributed by atoms with Gasteiger partial charge in [-0.1, -0.05) is 6.07 Å². The van der Waals surface area contributed by atoms with Crippen molar-refractivity contribution in [2.75, 3.05) is 37.1 Å². The summed E-state index contributed by atoms with van der Waals surface area (Å²) in [5, 5.41) is 4.19. The van der Waals surface area contributed by atoms with E-state index in [0.29, 0.717) is 10.9 Å². The molecule has 8 heteroatoms. The summed E-state index contributed by atoms with van der Waals surface area (Å²) < 4.78 is 13.6. The van der Waals surface area contributed by atoms with Crippen LogP contribution in [0, 0.1) is 13.8 Å². The summed E-state index contributed by atoms with van der Waals surface area (Å²) in [6.07, 6.45) is 1.83. The van der Waals surface area contributed by atoms with Gasteiger partial charge in [-0.2, -0.15) is 0 Å². The monoisotopic (exact) mass is 555 g/mol. The second-order valence-corrected chi connectivity index (χ2v) is 10.3. The summed E-state index contributed by atoms with van der Waals surface area (Å²) in [5.41, 5.74) is 7.65. The Balaban J connectivity index is 1.64. The van der Waals surface area contributed by atoms with Gasteiger partial charge in [0.1, 0.15) is 11.5 Å². The Morgan fingerprint density at radius 2 is 1.70 bits per heavy atom. The van der Waals surface area contributed by atoms with Gasteiger partial charge in [0.15, 0.2) is 5.11 Å². The molecule has 0 spiro atoms. The molecule has 208 valence electrons. The van der Waals surface area contributed by atoms with Gasteiger partial charge in [0.2, 0.25) is 0 Å². The van der Waals surface area contributed by atoms with Gasteiger partial charge < -0.3 is 29.2 Å². The van der Waals surface area contributed by atoms with Crippen LogP contribution in [0.3, 0.4) is 0 Å². The molecule has 2 aromatic heterocycles. The minimum absolute atomic E-state index is 0.153. The highest BCUT2D eigenvalue weighted by atomic mass is 32.1. The fourth-order valence-electron chi connectivity index (χ4n) is 5.80. The highest BCUT2D eigenvalue weighted by Gasteiger charge is 2.43. The number of aromatic nitrogens is 2. The first-order chi connectivity index (χ1) is 19.4. The van der Waals surface area contributed by atoms with Crippen molar-refractivity contribution in [3.8, 4) is 17.2 Å². The fraction of sp³-hybridized carbons (Fsp3) is 0.312. The van der Waals surface area contributed by atoms with Crippen LogP contribution in [0.1, 0.15) is 48.6 Å². The number of ether oxygens (including phenoxy) is 2. The average Bonchev–Trinajstić information content (AvgIpc) is 3.48. The first-order valence-electron chi connectivity index (χ1n) is 13.7. The van der Waals surface area contributed by atoms with E-state index in [9.17, 15) is 0 Å². The van der Waals surface area contributed by atoms with Crippen LogP contribution in [0.5, 0.6) is 11.5 Å². The molecule has 1 N–H and O–H groups in total. The van der Waals surface area contributed by atoms with Crippen LogP contribution >= 0.6 is 12.2 Å². The molecule has 0 saturated carbocycles. The zero-order valence-corrected chi connectivity index (χ0v) is 24.8. The van der Waals surface area contributed by atoms with E-state index in [4.69, 9.17) is 26.7 Å². The number of aryl methyl sites for hydroxylation is 1. The third kappa shape index (κ3) is 4.88. The topological polar surface area (TPSA) is 54.8 Å². The first-order valence-corrected chi connectivity index (χ1v) is 14.1. The number of hydrogen-bond donors (Lipinski definition) is 1. The molecule has 0 aliphatic carbocycles. The van der Waals surface area contributed by atoms with Gasteiger partial charge in [-0.25, -0.2) is 0 Å². The minimum atomic E-state index is -0.153. The molecule has 2 aromatic carbocycles. The molecule has 7 nitrogen and oxygen atoms in total. The Morgan fingerprint density at radius 1 is 0.950 bits per heavy atom. The third-order valence-corrected chi connectivity index (χ3v) is 8.08. The van der Waals surface area contributed by atoms with Crippen molar-refractivity contribution in [1.29, 1.82) is 0 Å². The summed E-state index contributed by atoms with van der Waals surface area (Å²) in [6.45, 7) is 10.7. The van der Waals surface area contributed by atoms with E-state index >= 15 is 0 Å². The van der Waals surface area contributed by atoms with Crippen LogP contribution in [0.2, 0.25) is 0 Å². The van der Waals surface area contributed by atoms with Gasteiger partial charge in [0.05, 0.1) is 37.7 Å². The van der Waals surface area contributed by atoms with Crippen LogP contribution < -0.4 is 24.6 Å². The van der Waals surface area contributed by atoms with Crippen molar-refractivity contribution in [3.63, 3.8) is 0 Å². The summed E-state index contributed by atoms with van der Waals surface area (Å²) >= 11 is 5.97. The number of benzene rings is 2. The van der Waals surface area contributed by atoms with Crippen molar-refractivity contribution in [2.45, 2.75) is 39.8 Å². The van der Waals surface area contributed by atoms with Crippen molar-refractivity contribution < 1.29 is 9.47 Å². The molecule has 0 amide bonds. The van der Waals surface area contributed by atoms with E-state index in [1.54, 1.807) is 14.2 Å². The second-order valence-electron chi connectivity index (χ2n) is 9.88. The third-order valence-electron chi connectivity index (χ3n) is 7.77. The van der Waals surface area contributed by atoms with Crippen LogP contribution in [0.4, 0.5) is 11.4 Å². The zero-order valence-electron chi connectivity index (χ0n) is 24.0. The molecule has 0 radical (unpaired) electrons. The highest BCUT2D eigenvalue weighted by molar-refractivity contribution is 7.80. The minimum Gasteiger partial charge on any atom is -0.497 e. The molecule has 40 heavy (non-hydrogen) atoms. The Labute approximate surface area is 242 Å². The van der Waals surface area contributed by atoms with Crippen LogP contribution in [-0.2, 0) is 0 Å². The largest absolute Gasteiger partial charge is 0.497 e. The van der Waals surface area contributed by atoms with Crippen molar-refractivity contribution in [2.24, 2.45) is 0 Å². The van der Waals surface area contributed by atoms with Gasteiger partial charge in [0, 0.05) is 48.1 Å². The first kappa shape index (κ1) is 27.5. The van der Waals surface area contributed by atoms with Gasteiger partial charge in [0.25, 0.3) is 0 Å². The fourth-order valence-corrected chi connectivity index (χ4v) is 6.14. The Bertz CT molecular complexity index is 1480. The van der Waals surface area contributed by atoms with Crippen molar-refractivity contribution in [3.05, 3.63) is 95.6 Å². The molecule has 5 rings (SSSR count). The summed E-state index contributed by atoms with van der Waals surface area (Å²) in [7, 11) is 3.32. The molecular weight excluding hydrogens is 518 g/mol. The normalized spacial score (nSPS) is 16.6. The number of rotatable bonds is 9. The Hall–Kier alpha value is -4.04. The molecule has 1 saturated heterocycles. The summed E-state index contributed by atoms with van der Waals surface area (Å²) in [4.78, 5) is 9.23. The quantitative estimate of drug-likeness (QED) is 0.236. The van der Waals surface area contributed by atoms with Gasteiger partial charge in [-0.15, -0.1) is 0 Å². The molecule has 0 bridgehead atoms. The summed E-state index contributed by atoms with van der Waals surface area (Å²) in [5.74, 6) is 1.42. The van der Waals surface area contributed by atoms with E-state index in [2.05, 4.69) is 77.7 Å². The lowest BCUT2D eigenvalue weighted by Crippen LogP contribution is -2.30. The summed E-state index contributed by atoms with van der Waals surface area (Å²) in [6, 6.07) is 22.6. The molecule has 0 unspecified atom stereocenters. The molecule has 1 fully saturated rings. The van der Waals surface area contributed by atoms with Crippen molar-refractivity contribution in [1.82, 2.24) is 14.9 Å². The van der Waals surface area contributed by atoms with E-state index < -0.39 is 0 Å².